The summed E-state index contributed by atoms with van der Waals surface area (Å²) >= 11 is 3.41. The van der Waals surface area contributed by atoms with E-state index in [1.54, 1.807) is 0 Å². The summed E-state index contributed by atoms with van der Waals surface area (Å²) < 4.78 is 1.03. The van der Waals surface area contributed by atoms with Crippen LogP contribution in [0.4, 0.5) is 5.82 Å². The number of carbonyl (C=O) groups excluding carboxylic acids is 2. The van der Waals surface area contributed by atoms with Crippen LogP contribution in [0, 0.1) is 0 Å². The lowest BCUT2D eigenvalue weighted by atomic mass is 10.1. The average Bonchev–Trinajstić information content (AvgIpc) is 2.58. The minimum absolute atomic E-state index is 0.578. The average molecular weight is 374 g/mol. The van der Waals surface area contributed by atoms with Crippen molar-refractivity contribution >= 4 is 35.3 Å². The molecule has 0 aromatic carbocycles. The third kappa shape index (κ3) is 7.13. The normalized spacial score (nSPS) is 20.4. The van der Waals surface area contributed by atoms with Crippen LogP contribution in [0.1, 0.15) is 27.7 Å². The van der Waals surface area contributed by atoms with Gasteiger partial charge in [-0.3, -0.25) is 4.90 Å². The van der Waals surface area contributed by atoms with Crippen LogP contribution < -0.4 is 4.90 Å². The summed E-state index contributed by atoms with van der Waals surface area (Å²) in [5.74, 6) is 1.08. The first-order valence-corrected chi connectivity index (χ1v) is 8.03. The van der Waals surface area contributed by atoms with E-state index in [0.717, 1.165) is 23.4 Å². The molecule has 0 N–H and O–H groups in total. The molecule has 126 valence electrons. The van der Waals surface area contributed by atoms with Crippen LogP contribution in [0.5, 0.6) is 0 Å². The number of carbonyl (C=O) groups is 2. The van der Waals surface area contributed by atoms with Crippen molar-refractivity contribution in [2.75, 3.05) is 25.0 Å². The van der Waals surface area contributed by atoms with Crippen LogP contribution in [-0.4, -0.2) is 55.7 Å². The number of pyridine rings is 1. The first kappa shape index (κ1) is 23.0. The first-order valence-electron chi connectivity index (χ1n) is 7.24. The molecule has 2 unspecified atom stereocenters. The minimum Gasteiger partial charge on any atom is -0.354 e. The third-order valence-electron chi connectivity index (χ3n) is 3.40. The van der Waals surface area contributed by atoms with E-state index in [1.165, 1.54) is 0 Å². The van der Waals surface area contributed by atoms with Gasteiger partial charge in [0.05, 0.1) is 0 Å². The molecule has 2 atom stereocenters. The number of rotatable bonds is 1. The molecule has 6 heteroatoms. The van der Waals surface area contributed by atoms with Gasteiger partial charge in [0.1, 0.15) is 19.4 Å². The SMILES string of the molecule is C=O.C=O.CC.CC1CN(c2ccc(Br)cn2)CC(C)N1C. The quantitative estimate of drug-likeness (QED) is 0.756. The van der Waals surface area contributed by atoms with Gasteiger partial charge in [-0.05, 0) is 49.0 Å². The molecular formula is C16H28BrN3O2. The fraction of sp³-hybridized carbons (Fsp3) is 0.562. The summed E-state index contributed by atoms with van der Waals surface area (Å²) in [5, 5.41) is 0. The van der Waals surface area contributed by atoms with E-state index >= 15 is 0 Å². The molecule has 1 aromatic rings. The highest BCUT2D eigenvalue weighted by molar-refractivity contribution is 9.10. The molecule has 1 saturated heterocycles. The van der Waals surface area contributed by atoms with Gasteiger partial charge in [-0.2, -0.15) is 0 Å². The van der Waals surface area contributed by atoms with Crippen LogP contribution in [0.3, 0.4) is 0 Å². The molecule has 0 spiro atoms. The zero-order valence-corrected chi connectivity index (χ0v) is 15.8. The van der Waals surface area contributed by atoms with Crippen LogP contribution in [0.25, 0.3) is 0 Å². The van der Waals surface area contributed by atoms with E-state index in [-0.39, 0.29) is 0 Å². The van der Waals surface area contributed by atoms with Crippen LogP contribution in [0.2, 0.25) is 0 Å². The maximum absolute atomic E-state index is 8.00. The lowest BCUT2D eigenvalue weighted by Crippen LogP contribution is -2.55. The molecule has 0 bridgehead atoms. The lowest BCUT2D eigenvalue weighted by Gasteiger charge is -2.42. The van der Waals surface area contributed by atoms with Gasteiger partial charge in [-0.1, -0.05) is 13.8 Å². The molecule has 2 rings (SSSR count). The van der Waals surface area contributed by atoms with Gasteiger partial charge in [-0.25, -0.2) is 4.98 Å². The minimum atomic E-state index is 0.578. The Balaban J connectivity index is 0. The predicted molar refractivity (Wildman–Crippen MR) is 96.4 cm³/mol. The standard InChI is InChI=1S/C12H18BrN3.C2H6.2CH2O/c1-9-7-16(8-10(2)15(9)3)12-5-4-11(13)6-14-12;3*1-2/h4-6,9-10H,7-8H2,1-3H3;1-2H3;2*1H2. The maximum atomic E-state index is 8.00. The van der Waals surface area contributed by atoms with Gasteiger partial charge in [0.25, 0.3) is 0 Å². The van der Waals surface area contributed by atoms with E-state index < -0.39 is 0 Å². The Morgan fingerprint density at radius 1 is 1.09 bits per heavy atom. The Morgan fingerprint density at radius 2 is 1.55 bits per heavy atom. The summed E-state index contributed by atoms with van der Waals surface area (Å²) in [6, 6.07) is 5.29. The lowest BCUT2D eigenvalue weighted by molar-refractivity contribution is -0.0987. The molecule has 0 aliphatic carbocycles. The third-order valence-corrected chi connectivity index (χ3v) is 3.86. The van der Waals surface area contributed by atoms with Crippen molar-refractivity contribution in [3.63, 3.8) is 0 Å². The molecule has 0 saturated carbocycles. The molecule has 5 nitrogen and oxygen atoms in total. The van der Waals surface area contributed by atoms with Crippen molar-refractivity contribution in [1.82, 2.24) is 9.88 Å². The maximum Gasteiger partial charge on any atom is 0.128 e. The van der Waals surface area contributed by atoms with Crippen LogP contribution >= 0.6 is 15.9 Å². The number of piperazine rings is 1. The summed E-state index contributed by atoms with van der Waals surface area (Å²) in [5.41, 5.74) is 0. The highest BCUT2D eigenvalue weighted by Gasteiger charge is 2.26. The number of aromatic nitrogens is 1. The second-order valence-corrected chi connectivity index (χ2v) is 5.52. The van der Waals surface area contributed by atoms with Crippen LogP contribution in [-0.2, 0) is 9.59 Å². The van der Waals surface area contributed by atoms with Gasteiger partial charge in [0.2, 0.25) is 0 Å². The van der Waals surface area contributed by atoms with Gasteiger partial charge in [0.15, 0.2) is 0 Å². The highest BCUT2D eigenvalue weighted by Crippen LogP contribution is 2.20. The Morgan fingerprint density at radius 3 is 1.91 bits per heavy atom. The fourth-order valence-corrected chi connectivity index (χ4v) is 2.38. The topological polar surface area (TPSA) is 53.5 Å². The summed E-state index contributed by atoms with van der Waals surface area (Å²) in [4.78, 5) is 25.2. The van der Waals surface area contributed by atoms with Gasteiger partial charge in [0, 0.05) is 35.8 Å². The Bertz CT molecular complexity index is 375. The Kier molecular flexibility index (Phi) is 14.0. The second kappa shape index (κ2) is 13.4. The molecule has 1 aliphatic heterocycles. The first-order chi connectivity index (χ1) is 10.6. The predicted octanol–water partition coefficient (Wildman–Crippen LogP) is 3.03. The molecule has 22 heavy (non-hydrogen) atoms. The number of likely N-dealkylation sites (N-methyl/N-ethyl adjacent to an activating group) is 1. The monoisotopic (exact) mass is 373 g/mol. The van der Waals surface area contributed by atoms with Crippen molar-refractivity contribution in [1.29, 1.82) is 0 Å². The highest BCUT2D eigenvalue weighted by atomic mass is 79.9. The number of hydrogen-bond acceptors (Lipinski definition) is 5. The number of anilines is 1. The van der Waals surface area contributed by atoms with Crippen molar-refractivity contribution in [2.45, 2.75) is 39.8 Å². The Hall–Kier alpha value is -1.27. The molecule has 0 radical (unpaired) electrons. The fourth-order valence-electron chi connectivity index (χ4n) is 2.15. The molecule has 1 aromatic heterocycles. The van der Waals surface area contributed by atoms with E-state index in [1.807, 2.05) is 33.6 Å². The van der Waals surface area contributed by atoms with Gasteiger partial charge >= 0.3 is 0 Å². The summed E-state index contributed by atoms with van der Waals surface area (Å²) in [7, 11) is 2.20. The summed E-state index contributed by atoms with van der Waals surface area (Å²) in [6.07, 6.45) is 1.86. The van der Waals surface area contributed by atoms with E-state index in [9.17, 15) is 0 Å². The molecule has 0 amide bonds. The van der Waals surface area contributed by atoms with E-state index in [4.69, 9.17) is 9.59 Å². The molecule has 2 heterocycles. The largest absolute Gasteiger partial charge is 0.354 e. The molecular weight excluding hydrogens is 346 g/mol. The molecule has 1 aliphatic rings. The zero-order valence-electron chi connectivity index (χ0n) is 14.3. The Labute approximate surface area is 142 Å². The zero-order chi connectivity index (χ0) is 17.7. The number of nitrogens with zero attached hydrogens (tertiary/aromatic N) is 3. The van der Waals surface area contributed by atoms with Crippen molar-refractivity contribution in [2.24, 2.45) is 0 Å². The van der Waals surface area contributed by atoms with Crippen molar-refractivity contribution in [3.05, 3.63) is 22.8 Å². The van der Waals surface area contributed by atoms with Crippen molar-refractivity contribution < 1.29 is 9.59 Å². The number of hydrogen-bond donors (Lipinski definition) is 0. The second-order valence-electron chi connectivity index (χ2n) is 4.60. The van der Waals surface area contributed by atoms with Crippen LogP contribution in [0.15, 0.2) is 22.8 Å². The summed E-state index contributed by atoms with van der Waals surface area (Å²) in [6.45, 7) is 14.6. The van der Waals surface area contributed by atoms with Gasteiger partial charge in [-0.15, -0.1) is 0 Å². The molecule has 1 fully saturated rings. The number of halogens is 1. The smallest absolute Gasteiger partial charge is 0.128 e. The van der Waals surface area contributed by atoms with E-state index in [0.29, 0.717) is 12.1 Å². The van der Waals surface area contributed by atoms with Gasteiger partial charge < -0.3 is 14.5 Å². The van der Waals surface area contributed by atoms with Crippen molar-refractivity contribution in [3.8, 4) is 0 Å². The van der Waals surface area contributed by atoms with E-state index in [2.05, 4.69) is 63.7 Å².